The summed E-state index contributed by atoms with van der Waals surface area (Å²) < 4.78 is 68.2. The molecule has 96 heavy (non-hydrogen) atoms. The first-order valence-corrected chi connectivity index (χ1v) is 40.1. The van der Waals surface area contributed by atoms with Crippen LogP contribution in [0.4, 0.5) is 0 Å². The van der Waals surface area contributed by atoms with Gasteiger partial charge in [-0.3, -0.25) is 37.3 Å². The lowest BCUT2D eigenvalue weighted by Crippen LogP contribution is -2.30. The minimum Gasteiger partial charge on any atom is -0.462 e. The zero-order chi connectivity index (χ0) is 70.4. The maximum absolute atomic E-state index is 13.0. The van der Waals surface area contributed by atoms with Crippen molar-refractivity contribution in [1.82, 2.24) is 0 Å². The van der Waals surface area contributed by atoms with E-state index in [-0.39, 0.29) is 25.7 Å². The fraction of sp³-hybridized carbons (Fsp3) is 0.714. The molecule has 552 valence electrons. The van der Waals surface area contributed by atoms with Gasteiger partial charge in [-0.05, 0) is 109 Å². The third kappa shape index (κ3) is 68.3. The summed E-state index contributed by atoms with van der Waals surface area (Å²) in [5.74, 6) is -2.29. The summed E-state index contributed by atoms with van der Waals surface area (Å²) in [5.41, 5.74) is 0. The van der Waals surface area contributed by atoms with Gasteiger partial charge in [0.1, 0.15) is 19.3 Å². The Labute approximate surface area is 581 Å². The van der Waals surface area contributed by atoms with Crippen LogP contribution in [0.2, 0.25) is 0 Å². The maximum atomic E-state index is 13.0. The molecule has 0 saturated carbocycles. The number of ether oxygens (including phenoxy) is 4. The highest BCUT2D eigenvalue weighted by Crippen LogP contribution is 2.45. The van der Waals surface area contributed by atoms with Crippen LogP contribution in [0, 0.1) is 0 Å². The van der Waals surface area contributed by atoms with Gasteiger partial charge in [-0.25, -0.2) is 9.13 Å². The minimum atomic E-state index is -4.99. The number of aliphatic hydroxyl groups is 1. The van der Waals surface area contributed by atoms with Crippen molar-refractivity contribution in [3.8, 4) is 0 Å². The Morgan fingerprint density at radius 1 is 0.302 bits per heavy atom. The van der Waals surface area contributed by atoms with Crippen LogP contribution in [0.1, 0.15) is 297 Å². The predicted molar refractivity (Wildman–Crippen MR) is 390 cm³/mol. The van der Waals surface area contributed by atoms with E-state index in [0.29, 0.717) is 32.1 Å². The molecule has 5 unspecified atom stereocenters. The van der Waals surface area contributed by atoms with Crippen molar-refractivity contribution < 1.29 is 80.2 Å². The van der Waals surface area contributed by atoms with Gasteiger partial charge in [-0.2, -0.15) is 0 Å². The minimum absolute atomic E-state index is 0.0318. The number of allylic oxidation sites excluding steroid dienone is 18. The van der Waals surface area contributed by atoms with Crippen molar-refractivity contribution in [3.63, 3.8) is 0 Å². The van der Waals surface area contributed by atoms with Crippen LogP contribution in [-0.2, 0) is 65.4 Å². The first-order chi connectivity index (χ1) is 46.7. The third-order valence-corrected chi connectivity index (χ3v) is 17.1. The highest BCUT2D eigenvalue weighted by Gasteiger charge is 2.30. The number of carbonyl (C=O) groups excluding carboxylic acids is 4. The SMILES string of the molecule is CC/C=C\C/C=C\C/C=C\C/C=C\C/C=C\C/C=C\CCC(=O)OCC(COP(=O)(O)OCC(O)COP(=O)(O)OCC(COC(=O)CCCCCCCCCCCCCCC)OC(=O)CCCCCCC/C=C\CCCC)OC(=O)CCCCCCC/C=C\C/C=C\CCC. The Morgan fingerprint density at radius 2 is 0.594 bits per heavy atom. The normalized spacial score (nSPS) is 14.6. The second-order valence-corrected chi connectivity index (χ2v) is 27.4. The van der Waals surface area contributed by atoms with E-state index < -0.39 is 97.5 Å². The molecular formula is C77H132O17P2. The Balaban J connectivity index is 5.38. The maximum Gasteiger partial charge on any atom is 0.472 e. The summed E-state index contributed by atoms with van der Waals surface area (Å²) in [6, 6.07) is 0. The van der Waals surface area contributed by atoms with E-state index in [2.05, 4.69) is 119 Å². The highest BCUT2D eigenvalue weighted by atomic mass is 31.2. The van der Waals surface area contributed by atoms with Crippen LogP contribution >= 0.6 is 15.6 Å². The van der Waals surface area contributed by atoms with Crippen molar-refractivity contribution in [2.24, 2.45) is 0 Å². The molecular weight excluding hydrogens is 1260 g/mol. The van der Waals surface area contributed by atoms with E-state index >= 15 is 0 Å². The number of rotatable bonds is 69. The summed E-state index contributed by atoms with van der Waals surface area (Å²) in [6.45, 7) is 4.54. The van der Waals surface area contributed by atoms with E-state index in [0.717, 1.165) is 141 Å². The number of aliphatic hydroxyl groups excluding tert-OH is 1. The highest BCUT2D eigenvalue weighted by molar-refractivity contribution is 7.47. The molecule has 0 heterocycles. The molecule has 0 aliphatic heterocycles. The predicted octanol–water partition coefficient (Wildman–Crippen LogP) is 21.0. The summed E-state index contributed by atoms with van der Waals surface area (Å²) in [5, 5.41) is 10.6. The van der Waals surface area contributed by atoms with E-state index in [1.165, 1.54) is 70.6 Å². The number of esters is 4. The molecule has 0 aliphatic carbocycles. The largest absolute Gasteiger partial charge is 0.472 e. The number of hydrogen-bond acceptors (Lipinski definition) is 15. The number of phosphoric ester groups is 2. The van der Waals surface area contributed by atoms with Crippen LogP contribution in [0.5, 0.6) is 0 Å². The molecule has 0 radical (unpaired) electrons. The fourth-order valence-electron chi connectivity index (χ4n) is 9.56. The van der Waals surface area contributed by atoms with Crippen molar-refractivity contribution in [1.29, 1.82) is 0 Å². The van der Waals surface area contributed by atoms with Gasteiger partial charge in [0, 0.05) is 25.7 Å². The fourth-order valence-corrected chi connectivity index (χ4v) is 11.1. The van der Waals surface area contributed by atoms with E-state index in [1.54, 1.807) is 0 Å². The Kier molecular flexibility index (Phi) is 66.1. The number of unbranched alkanes of at least 4 members (excludes halogenated alkanes) is 25. The molecule has 0 saturated heterocycles. The lowest BCUT2D eigenvalue weighted by molar-refractivity contribution is -0.161. The topological polar surface area (TPSA) is 237 Å². The van der Waals surface area contributed by atoms with Crippen molar-refractivity contribution in [2.45, 2.75) is 316 Å². The number of phosphoric acid groups is 2. The Bertz CT molecular complexity index is 2250. The number of carbonyl (C=O) groups is 4. The average Bonchev–Trinajstić information content (AvgIpc) is 1.17. The van der Waals surface area contributed by atoms with E-state index in [4.69, 9.17) is 37.0 Å². The van der Waals surface area contributed by atoms with Crippen LogP contribution in [-0.4, -0.2) is 96.7 Å². The lowest BCUT2D eigenvalue weighted by atomic mass is 10.0. The molecule has 3 N–H and O–H groups in total. The molecule has 0 aromatic heterocycles. The molecule has 0 bridgehead atoms. The van der Waals surface area contributed by atoms with Gasteiger partial charge >= 0.3 is 39.5 Å². The van der Waals surface area contributed by atoms with Gasteiger partial charge in [0.05, 0.1) is 26.4 Å². The van der Waals surface area contributed by atoms with Crippen LogP contribution in [0.3, 0.4) is 0 Å². The molecule has 0 aliphatic rings. The van der Waals surface area contributed by atoms with Gasteiger partial charge in [0.15, 0.2) is 12.2 Å². The van der Waals surface area contributed by atoms with Gasteiger partial charge in [0.2, 0.25) is 0 Å². The molecule has 0 fully saturated rings. The van der Waals surface area contributed by atoms with E-state index in [9.17, 15) is 43.2 Å². The lowest BCUT2D eigenvalue weighted by Gasteiger charge is -2.21. The second kappa shape index (κ2) is 69.2. The quantitative estimate of drug-likeness (QED) is 0.0169. The van der Waals surface area contributed by atoms with Gasteiger partial charge in [-0.15, -0.1) is 0 Å². The average molecular weight is 1390 g/mol. The molecule has 19 heteroatoms. The summed E-state index contributed by atoms with van der Waals surface area (Å²) in [6.07, 6.45) is 72.5. The van der Waals surface area contributed by atoms with Gasteiger partial charge < -0.3 is 33.8 Å². The van der Waals surface area contributed by atoms with Crippen LogP contribution in [0.25, 0.3) is 0 Å². The second-order valence-electron chi connectivity index (χ2n) is 24.5. The van der Waals surface area contributed by atoms with Crippen molar-refractivity contribution in [3.05, 3.63) is 109 Å². The molecule has 0 aromatic rings. The Morgan fingerprint density at radius 3 is 0.979 bits per heavy atom. The summed E-state index contributed by atoms with van der Waals surface area (Å²) in [4.78, 5) is 72.6. The van der Waals surface area contributed by atoms with E-state index in [1.807, 2.05) is 18.2 Å². The standard InChI is InChI=1S/C77H132O17P2/c1-5-9-13-17-21-25-29-32-33-34-35-36-37-40-43-46-50-54-58-62-75(80)88-68-73(94-77(82)64-60-56-52-48-44-39-31-27-23-19-15-11-7-3)70-92-96(85,86)90-66-71(78)65-89-95(83,84)91-69-72(93-76(81)63-59-55-51-47-41-28-24-20-16-12-8-4)67-87-74(79)61-57-53-49-45-42-38-30-26-22-18-14-10-6-2/h9,13,15,19-21,24-25,27,31-33,35-36,40,43,50,54,71-73,78H,5-8,10-12,14,16-18,22-23,26,28-30,34,37-39,41-42,44-49,51-53,55-70H2,1-4H3,(H,83,84)(H,85,86)/b13-9-,19-15-,24-20-,25-21-,31-27-,33-32-,36-35-,43-40-,54-50-. The monoisotopic (exact) mass is 1390 g/mol. The van der Waals surface area contributed by atoms with Gasteiger partial charge in [-0.1, -0.05) is 272 Å². The van der Waals surface area contributed by atoms with Crippen LogP contribution < -0.4 is 0 Å². The zero-order valence-electron chi connectivity index (χ0n) is 60.0. The van der Waals surface area contributed by atoms with Crippen molar-refractivity contribution in [2.75, 3.05) is 39.6 Å². The van der Waals surface area contributed by atoms with Crippen molar-refractivity contribution >= 4 is 39.5 Å². The Hall–Kier alpha value is -4.28. The van der Waals surface area contributed by atoms with Gasteiger partial charge in [0.25, 0.3) is 0 Å². The first-order valence-electron chi connectivity index (χ1n) is 37.1. The smallest absolute Gasteiger partial charge is 0.462 e. The van der Waals surface area contributed by atoms with Crippen LogP contribution in [0.15, 0.2) is 109 Å². The molecule has 17 nitrogen and oxygen atoms in total. The molecule has 0 rings (SSSR count). The summed E-state index contributed by atoms with van der Waals surface area (Å²) >= 11 is 0. The number of hydrogen-bond donors (Lipinski definition) is 3. The first kappa shape index (κ1) is 91.7. The molecule has 0 amide bonds. The summed E-state index contributed by atoms with van der Waals surface area (Å²) in [7, 11) is -9.96. The molecule has 0 spiro atoms. The third-order valence-electron chi connectivity index (χ3n) is 15.2. The molecule has 5 atom stereocenters. The zero-order valence-corrected chi connectivity index (χ0v) is 61.8. The molecule has 0 aromatic carbocycles.